The van der Waals surface area contributed by atoms with E-state index >= 15 is 0 Å². The summed E-state index contributed by atoms with van der Waals surface area (Å²) in [4.78, 5) is 38.0. The summed E-state index contributed by atoms with van der Waals surface area (Å²) in [5.41, 5.74) is 1.57. The van der Waals surface area contributed by atoms with Crippen LogP contribution >= 0.6 is 0 Å². The van der Waals surface area contributed by atoms with Crippen molar-refractivity contribution in [3.63, 3.8) is 0 Å². The molecule has 8 nitrogen and oxygen atoms in total. The molecule has 1 fully saturated rings. The van der Waals surface area contributed by atoms with Crippen molar-refractivity contribution in [3.8, 4) is 11.5 Å². The summed E-state index contributed by atoms with van der Waals surface area (Å²) in [5.74, 6) is 0.329. The molecule has 3 amide bonds. The predicted molar refractivity (Wildman–Crippen MR) is 114 cm³/mol. The molecule has 1 aliphatic rings. The van der Waals surface area contributed by atoms with Crippen LogP contribution in [0.25, 0.3) is 0 Å². The topological polar surface area (TPSA) is 97.0 Å². The number of carbonyl (C=O) groups excluding carboxylic acids is 3. The Bertz CT molecular complexity index is 942. The molecular formula is C22H25N3O5. The zero-order chi connectivity index (χ0) is 21.7. The number of ether oxygens (including phenoxy) is 2. The molecule has 0 aromatic heterocycles. The van der Waals surface area contributed by atoms with Gasteiger partial charge in [0.1, 0.15) is 17.5 Å². The Morgan fingerprint density at radius 3 is 2.53 bits per heavy atom. The van der Waals surface area contributed by atoms with Gasteiger partial charge in [0, 0.05) is 12.6 Å². The summed E-state index contributed by atoms with van der Waals surface area (Å²) in [6, 6.07) is 11.2. The van der Waals surface area contributed by atoms with Gasteiger partial charge in [-0.2, -0.15) is 0 Å². The van der Waals surface area contributed by atoms with Crippen LogP contribution in [0.1, 0.15) is 26.7 Å². The van der Waals surface area contributed by atoms with Crippen molar-refractivity contribution in [1.29, 1.82) is 0 Å². The van der Waals surface area contributed by atoms with E-state index in [9.17, 15) is 14.4 Å². The average molecular weight is 411 g/mol. The molecule has 1 atom stereocenters. The maximum Gasteiger partial charge on any atom is 0.256 e. The van der Waals surface area contributed by atoms with Gasteiger partial charge in [-0.3, -0.25) is 14.4 Å². The molecule has 1 heterocycles. The number of hydrogen-bond donors (Lipinski definition) is 2. The number of anilines is 3. The van der Waals surface area contributed by atoms with Crippen molar-refractivity contribution < 1.29 is 23.9 Å². The van der Waals surface area contributed by atoms with E-state index in [2.05, 4.69) is 10.6 Å². The third-order valence-electron chi connectivity index (χ3n) is 4.56. The summed E-state index contributed by atoms with van der Waals surface area (Å²) in [6.45, 7) is 4.03. The van der Waals surface area contributed by atoms with Crippen LogP contribution in [0.5, 0.6) is 11.5 Å². The number of hydrogen-bond acceptors (Lipinski definition) is 6. The lowest BCUT2D eigenvalue weighted by Crippen LogP contribution is -2.34. The molecule has 158 valence electrons. The highest BCUT2D eigenvalue weighted by atomic mass is 16.5. The summed E-state index contributed by atoms with van der Waals surface area (Å²) in [5, 5.41) is 5.77. The summed E-state index contributed by atoms with van der Waals surface area (Å²) in [7, 11) is 1.51. The van der Waals surface area contributed by atoms with Crippen LogP contribution in [0.3, 0.4) is 0 Å². The quantitative estimate of drug-likeness (QED) is 0.648. The second-order valence-electron chi connectivity index (χ2n) is 6.91. The van der Waals surface area contributed by atoms with E-state index in [1.54, 1.807) is 42.5 Å². The van der Waals surface area contributed by atoms with Gasteiger partial charge >= 0.3 is 0 Å². The van der Waals surface area contributed by atoms with E-state index < -0.39 is 6.04 Å². The first kappa shape index (κ1) is 21.2. The molecule has 3 rings (SSSR count). The van der Waals surface area contributed by atoms with Gasteiger partial charge in [-0.05, 0) is 48.9 Å². The van der Waals surface area contributed by atoms with Crippen LogP contribution in [0.15, 0.2) is 42.5 Å². The van der Waals surface area contributed by atoms with Crippen molar-refractivity contribution >= 4 is 34.8 Å². The first-order chi connectivity index (χ1) is 14.4. The number of benzene rings is 2. The summed E-state index contributed by atoms with van der Waals surface area (Å²) >= 11 is 0. The maximum atomic E-state index is 12.9. The fourth-order valence-corrected chi connectivity index (χ4v) is 3.22. The van der Waals surface area contributed by atoms with Crippen molar-refractivity contribution in [2.24, 2.45) is 0 Å². The van der Waals surface area contributed by atoms with Crippen LogP contribution < -0.4 is 25.0 Å². The molecule has 2 aromatic carbocycles. The number of amides is 3. The van der Waals surface area contributed by atoms with E-state index in [-0.39, 0.29) is 24.1 Å². The van der Waals surface area contributed by atoms with Gasteiger partial charge in [-0.15, -0.1) is 0 Å². The minimum absolute atomic E-state index is 0.0143. The summed E-state index contributed by atoms with van der Waals surface area (Å²) in [6.07, 6.45) is 0.908. The molecule has 1 aliphatic heterocycles. The van der Waals surface area contributed by atoms with Crippen LogP contribution in [-0.2, 0) is 14.4 Å². The van der Waals surface area contributed by atoms with Gasteiger partial charge in [0.25, 0.3) is 5.91 Å². The zero-order valence-electron chi connectivity index (χ0n) is 17.2. The average Bonchev–Trinajstić information content (AvgIpc) is 2.99. The lowest BCUT2D eigenvalue weighted by Gasteiger charge is -2.18. The molecule has 0 bridgehead atoms. The third-order valence-corrected chi connectivity index (χ3v) is 4.56. The van der Waals surface area contributed by atoms with Gasteiger partial charge in [-0.25, -0.2) is 4.90 Å². The van der Waals surface area contributed by atoms with Crippen LogP contribution in [0, 0.1) is 0 Å². The van der Waals surface area contributed by atoms with Crippen molar-refractivity contribution in [3.05, 3.63) is 42.5 Å². The minimum Gasteiger partial charge on any atom is -0.495 e. The molecule has 2 N–H and O–H groups in total. The predicted octanol–water partition coefficient (Wildman–Crippen LogP) is 3.19. The second kappa shape index (κ2) is 9.30. The van der Waals surface area contributed by atoms with E-state index in [4.69, 9.17) is 9.47 Å². The van der Waals surface area contributed by atoms with Crippen LogP contribution in [0.4, 0.5) is 17.1 Å². The molecule has 0 unspecified atom stereocenters. The Balaban J connectivity index is 1.77. The van der Waals surface area contributed by atoms with E-state index in [1.807, 2.05) is 6.92 Å². The highest BCUT2D eigenvalue weighted by Gasteiger charge is 2.40. The largest absolute Gasteiger partial charge is 0.495 e. The highest BCUT2D eigenvalue weighted by Crippen LogP contribution is 2.32. The monoisotopic (exact) mass is 411 g/mol. The lowest BCUT2D eigenvalue weighted by atomic mass is 10.2. The van der Waals surface area contributed by atoms with E-state index in [1.165, 1.54) is 18.9 Å². The van der Waals surface area contributed by atoms with Gasteiger partial charge in [0.05, 0.1) is 31.5 Å². The van der Waals surface area contributed by atoms with Gasteiger partial charge in [-0.1, -0.05) is 6.92 Å². The fourth-order valence-electron chi connectivity index (χ4n) is 3.22. The Hall–Kier alpha value is -3.55. The first-order valence-electron chi connectivity index (χ1n) is 9.74. The van der Waals surface area contributed by atoms with Gasteiger partial charge in [0.2, 0.25) is 11.8 Å². The van der Waals surface area contributed by atoms with Gasteiger partial charge < -0.3 is 20.1 Å². The van der Waals surface area contributed by atoms with E-state index in [0.717, 1.165) is 6.42 Å². The Morgan fingerprint density at radius 2 is 1.90 bits per heavy atom. The smallest absolute Gasteiger partial charge is 0.256 e. The fraction of sp³-hybridized carbons (Fsp3) is 0.318. The molecular weight excluding hydrogens is 386 g/mol. The molecule has 0 aliphatic carbocycles. The number of nitrogens with zero attached hydrogens (tertiary/aromatic N) is 1. The number of methoxy groups -OCH3 is 1. The van der Waals surface area contributed by atoms with Crippen LogP contribution in [0.2, 0.25) is 0 Å². The normalized spacial score (nSPS) is 15.8. The SMILES string of the molecule is CCCOc1ccc(N2C(=O)C[C@H](Nc3cc(NC(C)=O)ccc3OC)C2=O)cc1. The number of carbonyl (C=O) groups is 3. The number of rotatable bonds is 8. The number of imide groups is 1. The molecule has 1 saturated heterocycles. The molecule has 0 spiro atoms. The standard InChI is InChI=1S/C22H25N3O5/c1-4-11-30-17-8-6-16(7-9-17)25-21(27)13-19(22(25)28)24-18-12-15(23-14(2)26)5-10-20(18)29-3/h5-10,12,19,24H,4,11,13H2,1-3H3,(H,23,26)/t19-/m0/s1. The highest BCUT2D eigenvalue weighted by molar-refractivity contribution is 6.23. The Kier molecular flexibility index (Phi) is 6.56. The van der Waals surface area contributed by atoms with Crippen LogP contribution in [-0.4, -0.2) is 37.5 Å². The number of nitrogens with one attached hydrogen (secondary N) is 2. The lowest BCUT2D eigenvalue weighted by molar-refractivity contribution is -0.121. The zero-order valence-corrected chi connectivity index (χ0v) is 17.2. The molecule has 2 aromatic rings. The summed E-state index contributed by atoms with van der Waals surface area (Å²) < 4.78 is 10.9. The first-order valence-corrected chi connectivity index (χ1v) is 9.74. The third kappa shape index (κ3) is 4.71. The Morgan fingerprint density at radius 1 is 1.17 bits per heavy atom. The van der Waals surface area contributed by atoms with Crippen molar-refractivity contribution in [1.82, 2.24) is 0 Å². The van der Waals surface area contributed by atoms with E-state index in [0.29, 0.717) is 35.2 Å². The van der Waals surface area contributed by atoms with Gasteiger partial charge in [0.15, 0.2) is 0 Å². The second-order valence-corrected chi connectivity index (χ2v) is 6.91. The maximum absolute atomic E-state index is 12.9. The van der Waals surface area contributed by atoms with Crippen molar-refractivity contribution in [2.75, 3.05) is 29.3 Å². The molecule has 8 heteroatoms. The molecule has 0 saturated carbocycles. The Labute approximate surface area is 175 Å². The molecule has 0 radical (unpaired) electrons. The molecule has 30 heavy (non-hydrogen) atoms. The minimum atomic E-state index is -0.741. The van der Waals surface area contributed by atoms with Crippen molar-refractivity contribution in [2.45, 2.75) is 32.7 Å².